The molecule has 1 heterocycles. The van der Waals surface area contributed by atoms with E-state index in [2.05, 4.69) is 10.3 Å². The average Bonchev–Trinajstić information content (AvgIpc) is 2.75. The Bertz CT molecular complexity index is 406. The van der Waals surface area contributed by atoms with Gasteiger partial charge in [-0.25, -0.2) is 9.78 Å². The van der Waals surface area contributed by atoms with E-state index in [4.69, 9.17) is 5.11 Å². The van der Waals surface area contributed by atoms with E-state index < -0.39 is 5.97 Å². The highest BCUT2D eigenvalue weighted by Crippen LogP contribution is 2.10. The minimum atomic E-state index is -1.05. The summed E-state index contributed by atoms with van der Waals surface area (Å²) >= 11 is 2.85. The summed E-state index contributed by atoms with van der Waals surface area (Å²) in [6, 6.07) is 0. The first-order valence-corrected chi connectivity index (χ1v) is 7.26. The van der Waals surface area contributed by atoms with Crippen molar-refractivity contribution < 1.29 is 14.7 Å². The van der Waals surface area contributed by atoms with Gasteiger partial charge in [0.1, 0.15) is 5.01 Å². The van der Waals surface area contributed by atoms with Gasteiger partial charge in [-0.1, -0.05) is 6.92 Å². The third-order valence-electron chi connectivity index (χ3n) is 2.05. The number of amides is 1. The SMILES string of the molecule is CSCC(C)C(=O)NCc1nc(C(=O)O)cs1. The van der Waals surface area contributed by atoms with E-state index in [1.165, 1.54) is 16.7 Å². The molecule has 0 aliphatic carbocycles. The van der Waals surface area contributed by atoms with Crippen molar-refractivity contribution in [3.05, 3.63) is 16.1 Å². The second-order valence-corrected chi connectivity index (χ2v) is 5.36. The standard InChI is InChI=1S/C10H14N2O3S2/c1-6(4-16-2)9(13)11-3-8-12-7(5-17-8)10(14)15/h5-6H,3-4H2,1-2H3,(H,11,13)(H,14,15). The minimum absolute atomic E-state index is 0.0245. The summed E-state index contributed by atoms with van der Waals surface area (Å²) in [5.41, 5.74) is 0.0245. The van der Waals surface area contributed by atoms with Crippen LogP contribution < -0.4 is 5.32 Å². The van der Waals surface area contributed by atoms with Gasteiger partial charge in [-0.3, -0.25) is 4.79 Å². The molecular weight excluding hydrogens is 260 g/mol. The van der Waals surface area contributed by atoms with Gasteiger partial charge in [0.25, 0.3) is 0 Å². The number of nitrogens with zero attached hydrogens (tertiary/aromatic N) is 1. The van der Waals surface area contributed by atoms with Gasteiger partial charge < -0.3 is 10.4 Å². The molecule has 0 aliphatic rings. The molecule has 5 nitrogen and oxygen atoms in total. The molecular formula is C10H14N2O3S2. The lowest BCUT2D eigenvalue weighted by molar-refractivity contribution is -0.124. The molecule has 17 heavy (non-hydrogen) atoms. The minimum Gasteiger partial charge on any atom is -0.476 e. The average molecular weight is 274 g/mol. The van der Waals surface area contributed by atoms with Crippen molar-refractivity contribution in [3.63, 3.8) is 0 Å². The molecule has 0 saturated heterocycles. The number of carboxylic acids is 1. The molecule has 1 atom stereocenters. The van der Waals surface area contributed by atoms with E-state index >= 15 is 0 Å². The van der Waals surface area contributed by atoms with Gasteiger partial charge in [-0.2, -0.15) is 11.8 Å². The molecule has 1 rings (SSSR count). The number of hydrogen-bond donors (Lipinski definition) is 2. The van der Waals surface area contributed by atoms with E-state index in [9.17, 15) is 9.59 Å². The summed E-state index contributed by atoms with van der Waals surface area (Å²) < 4.78 is 0. The number of aromatic carboxylic acids is 1. The van der Waals surface area contributed by atoms with Crippen LogP contribution in [0.5, 0.6) is 0 Å². The predicted molar refractivity (Wildman–Crippen MR) is 68.5 cm³/mol. The Balaban J connectivity index is 2.44. The summed E-state index contributed by atoms with van der Waals surface area (Å²) in [6.07, 6.45) is 1.95. The molecule has 0 bridgehead atoms. The van der Waals surface area contributed by atoms with Crippen LogP contribution in [0.25, 0.3) is 0 Å². The quantitative estimate of drug-likeness (QED) is 0.821. The van der Waals surface area contributed by atoms with E-state index in [1.807, 2.05) is 13.2 Å². The molecule has 0 saturated carbocycles. The zero-order chi connectivity index (χ0) is 12.8. The maximum absolute atomic E-state index is 11.6. The Morgan fingerprint density at radius 3 is 2.88 bits per heavy atom. The van der Waals surface area contributed by atoms with Crippen LogP contribution in [0.4, 0.5) is 0 Å². The topological polar surface area (TPSA) is 79.3 Å². The van der Waals surface area contributed by atoms with Crippen molar-refractivity contribution in [3.8, 4) is 0 Å². The van der Waals surface area contributed by atoms with Crippen LogP contribution in [0.3, 0.4) is 0 Å². The second-order valence-electron chi connectivity index (χ2n) is 3.51. The number of carboxylic acid groups (broad SMARTS) is 1. The zero-order valence-electron chi connectivity index (χ0n) is 9.60. The number of hydrogen-bond acceptors (Lipinski definition) is 5. The second kappa shape index (κ2) is 6.61. The highest BCUT2D eigenvalue weighted by molar-refractivity contribution is 7.98. The molecule has 0 aromatic carbocycles. The zero-order valence-corrected chi connectivity index (χ0v) is 11.2. The Hall–Kier alpha value is -1.08. The highest BCUT2D eigenvalue weighted by Gasteiger charge is 2.13. The van der Waals surface area contributed by atoms with E-state index in [0.29, 0.717) is 5.01 Å². The Kier molecular flexibility index (Phi) is 5.43. The molecule has 1 aromatic heterocycles. The van der Waals surface area contributed by atoms with Crippen molar-refractivity contribution >= 4 is 35.0 Å². The van der Waals surface area contributed by atoms with Crippen LogP contribution >= 0.6 is 23.1 Å². The van der Waals surface area contributed by atoms with Crippen LogP contribution in [0.2, 0.25) is 0 Å². The van der Waals surface area contributed by atoms with Gasteiger partial charge in [0.05, 0.1) is 6.54 Å². The van der Waals surface area contributed by atoms with Crippen LogP contribution in [-0.4, -0.2) is 34.0 Å². The normalized spacial score (nSPS) is 12.1. The molecule has 7 heteroatoms. The van der Waals surface area contributed by atoms with Crippen LogP contribution in [0, 0.1) is 5.92 Å². The molecule has 1 unspecified atom stereocenters. The Labute approximate surface area is 108 Å². The van der Waals surface area contributed by atoms with Gasteiger partial charge in [0.15, 0.2) is 5.69 Å². The number of aromatic nitrogens is 1. The number of rotatable bonds is 6. The Morgan fingerprint density at radius 1 is 1.65 bits per heavy atom. The first-order valence-electron chi connectivity index (χ1n) is 4.99. The molecule has 0 radical (unpaired) electrons. The Morgan fingerprint density at radius 2 is 2.35 bits per heavy atom. The number of thiazole rings is 1. The summed E-state index contributed by atoms with van der Waals surface area (Å²) in [7, 11) is 0. The first-order chi connectivity index (χ1) is 8.04. The molecule has 0 aliphatic heterocycles. The summed E-state index contributed by atoms with van der Waals surface area (Å²) in [4.78, 5) is 26.1. The van der Waals surface area contributed by atoms with Gasteiger partial charge in [-0.15, -0.1) is 11.3 Å². The van der Waals surface area contributed by atoms with Crippen LogP contribution in [0.1, 0.15) is 22.4 Å². The number of carbonyl (C=O) groups excluding carboxylic acids is 1. The highest BCUT2D eigenvalue weighted by atomic mass is 32.2. The number of thioether (sulfide) groups is 1. The van der Waals surface area contributed by atoms with Gasteiger partial charge in [0.2, 0.25) is 5.91 Å². The molecule has 2 N–H and O–H groups in total. The lowest BCUT2D eigenvalue weighted by Gasteiger charge is -2.09. The van der Waals surface area contributed by atoms with Crippen LogP contribution in [0.15, 0.2) is 5.38 Å². The van der Waals surface area contributed by atoms with E-state index in [0.717, 1.165) is 5.75 Å². The lowest BCUT2D eigenvalue weighted by atomic mass is 10.2. The van der Waals surface area contributed by atoms with E-state index in [1.54, 1.807) is 11.8 Å². The fourth-order valence-electron chi connectivity index (χ4n) is 1.15. The molecule has 0 fully saturated rings. The van der Waals surface area contributed by atoms with Crippen LogP contribution in [-0.2, 0) is 11.3 Å². The summed E-state index contributed by atoms with van der Waals surface area (Å²) in [6.45, 7) is 2.14. The largest absolute Gasteiger partial charge is 0.476 e. The maximum Gasteiger partial charge on any atom is 0.355 e. The van der Waals surface area contributed by atoms with Gasteiger partial charge >= 0.3 is 5.97 Å². The molecule has 1 aromatic rings. The van der Waals surface area contributed by atoms with Gasteiger partial charge in [-0.05, 0) is 6.26 Å². The van der Waals surface area contributed by atoms with Crippen molar-refractivity contribution in [1.82, 2.24) is 10.3 Å². The summed E-state index contributed by atoms with van der Waals surface area (Å²) in [5, 5.41) is 13.5. The maximum atomic E-state index is 11.6. The van der Waals surface area contributed by atoms with Crippen molar-refractivity contribution in [1.29, 1.82) is 0 Å². The van der Waals surface area contributed by atoms with Gasteiger partial charge in [0, 0.05) is 17.1 Å². The predicted octanol–water partition coefficient (Wildman–Crippen LogP) is 1.46. The molecule has 1 amide bonds. The molecule has 0 spiro atoms. The van der Waals surface area contributed by atoms with Crippen molar-refractivity contribution in [2.75, 3.05) is 12.0 Å². The number of nitrogens with one attached hydrogen (secondary N) is 1. The third kappa shape index (κ3) is 4.35. The van der Waals surface area contributed by atoms with Crippen molar-refractivity contribution in [2.24, 2.45) is 5.92 Å². The third-order valence-corrected chi connectivity index (χ3v) is 3.73. The summed E-state index contributed by atoms with van der Waals surface area (Å²) in [5.74, 6) is -0.366. The molecule has 94 valence electrons. The van der Waals surface area contributed by atoms with Crippen molar-refractivity contribution in [2.45, 2.75) is 13.5 Å². The first kappa shape index (κ1) is 14.0. The monoisotopic (exact) mass is 274 g/mol. The number of carbonyl (C=O) groups is 2. The smallest absolute Gasteiger partial charge is 0.355 e. The van der Waals surface area contributed by atoms with E-state index in [-0.39, 0.29) is 24.1 Å². The lowest BCUT2D eigenvalue weighted by Crippen LogP contribution is -2.29. The fourth-order valence-corrected chi connectivity index (χ4v) is 2.51. The fraction of sp³-hybridized carbons (Fsp3) is 0.500.